The number of aromatic nitrogens is 4. The molecule has 1 amide bonds. The number of nitrogens with zero attached hydrogens (tertiary/aromatic N) is 4. The zero-order chi connectivity index (χ0) is 18.0. The summed E-state index contributed by atoms with van der Waals surface area (Å²) in [6.07, 6.45) is 2.80. The average Bonchev–Trinajstić information content (AvgIpc) is 3.23. The molecule has 0 aromatic carbocycles. The van der Waals surface area contributed by atoms with E-state index in [0.717, 1.165) is 0 Å². The van der Waals surface area contributed by atoms with Crippen LogP contribution in [0.3, 0.4) is 0 Å². The molecule has 0 aliphatic rings. The minimum Gasteiger partial charge on any atom is -0.357 e. The molecule has 3 heterocycles. The second-order valence-corrected chi connectivity index (χ2v) is 5.41. The second kappa shape index (κ2) is 6.42. The van der Waals surface area contributed by atoms with Crippen LogP contribution in [-0.2, 0) is 7.05 Å². The molecule has 0 bridgehead atoms. The average molecular weight is 349 g/mol. The van der Waals surface area contributed by atoms with E-state index in [4.69, 9.17) is 0 Å². The number of aryl methyl sites for hydroxylation is 1. The number of halogens is 3. The Kier molecular flexibility index (Phi) is 4.30. The van der Waals surface area contributed by atoms with Gasteiger partial charge in [-0.15, -0.1) is 0 Å². The number of carbonyl (C=O) groups excluding carboxylic acids is 1. The maximum atomic E-state index is 13.3. The lowest BCUT2D eigenvalue weighted by Crippen LogP contribution is -2.38. The van der Waals surface area contributed by atoms with Crippen molar-refractivity contribution in [3.8, 4) is 5.82 Å². The summed E-state index contributed by atoms with van der Waals surface area (Å²) in [4.78, 5) is 20.3. The molecule has 0 saturated carbocycles. The maximum Gasteiger partial charge on any atom is 0.412 e. The Balaban J connectivity index is 1.86. The molecule has 0 radical (unpaired) electrons. The Morgan fingerprint density at radius 3 is 2.64 bits per heavy atom. The van der Waals surface area contributed by atoms with Gasteiger partial charge in [-0.1, -0.05) is 6.07 Å². The van der Waals surface area contributed by atoms with Crippen molar-refractivity contribution in [1.82, 2.24) is 24.4 Å². The van der Waals surface area contributed by atoms with E-state index >= 15 is 0 Å². The van der Waals surface area contributed by atoms with Crippen LogP contribution in [0.4, 0.5) is 13.2 Å². The first-order valence-corrected chi connectivity index (χ1v) is 7.29. The summed E-state index contributed by atoms with van der Waals surface area (Å²) in [6, 6.07) is 3.72. The third-order valence-electron chi connectivity index (χ3n) is 3.53. The van der Waals surface area contributed by atoms with Gasteiger partial charge in [0.05, 0.1) is 0 Å². The Labute approximate surface area is 140 Å². The second-order valence-electron chi connectivity index (χ2n) is 5.41. The number of imidazole rings is 1. The molecular weight excluding hydrogens is 335 g/mol. The number of rotatable bonds is 4. The lowest BCUT2D eigenvalue weighted by atomic mass is 10.1. The van der Waals surface area contributed by atoms with E-state index in [1.807, 2.05) is 5.32 Å². The van der Waals surface area contributed by atoms with E-state index in [9.17, 15) is 18.0 Å². The summed E-state index contributed by atoms with van der Waals surface area (Å²) in [5.74, 6) is -0.526. The van der Waals surface area contributed by atoms with E-state index in [2.05, 4.69) is 9.97 Å². The van der Waals surface area contributed by atoms with Gasteiger partial charge in [-0.25, -0.2) is 9.97 Å². The van der Waals surface area contributed by atoms with Crippen LogP contribution >= 0.6 is 0 Å². The molecule has 0 spiro atoms. The smallest absolute Gasteiger partial charge is 0.357 e. The van der Waals surface area contributed by atoms with Crippen LogP contribution < -0.4 is 5.32 Å². The molecule has 0 unspecified atom stereocenters. The number of hydrogen-bond acceptors (Lipinski definition) is 3. The molecular formula is C16H14F3N5O. The van der Waals surface area contributed by atoms with E-state index in [-0.39, 0.29) is 11.3 Å². The Hall–Kier alpha value is -3.10. The van der Waals surface area contributed by atoms with Gasteiger partial charge in [-0.05, 0) is 18.2 Å². The lowest BCUT2D eigenvalue weighted by molar-refractivity contribution is -0.155. The predicted molar refractivity (Wildman–Crippen MR) is 83.0 cm³/mol. The summed E-state index contributed by atoms with van der Waals surface area (Å²) in [5, 5.41) is 2.01. The normalized spacial score (nSPS) is 12.8. The van der Waals surface area contributed by atoms with Crippen LogP contribution in [0.5, 0.6) is 0 Å². The number of amides is 1. The zero-order valence-corrected chi connectivity index (χ0v) is 13.1. The molecule has 0 aliphatic heterocycles. The van der Waals surface area contributed by atoms with Gasteiger partial charge in [-0.2, -0.15) is 13.2 Å². The van der Waals surface area contributed by atoms with Gasteiger partial charge in [0.15, 0.2) is 6.04 Å². The van der Waals surface area contributed by atoms with Gasteiger partial charge >= 0.3 is 6.18 Å². The fourth-order valence-electron chi connectivity index (χ4n) is 2.34. The molecule has 0 fully saturated rings. The number of alkyl halides is 3. The Bertz CT molecular complexity index is 870. The predicted octanol–water partition coefficient (Wildman–Crippen LogP) is 2.64. The molecule has 130 valence electrons. The van der Waals surface area contributed by atoms with Crippen molar-refractivity contribution in [2.24, 2.45) is 7.05 Å². The first kappa shape index (κ1) is 16.7. The summed E-state index contributed by atoms with van der Waals surface area (Å²) in [6.45, 7) is 0. The van der Waals surface area contributed by atoms with Gasteiger partial charge in [-0.3, -0.25) is 9.36 Å². The van der Waals surface area contributed by atoms with Gasteiger partial charge in [0.2, 0.25) is 0 Å². The van der Waals surface area contributed by atoms with Crippen molar-refractivity contribution >= 4 is 5.91 Å². The Morgan fingerprint density at radius 1 is 1.24 bits per heavy atom. The van der Waals surface area contributed by atoms with Crippen molar-refractivity contribution in [1.29, 1.82) is 0 Å². The number of carbonyl (C=O) groups is 1. The molecule has 9 heteroatoms. The van der Waals surface area contributed by atoms with E-state index in [1.165, 1.54) is 41.6 Å². The van der Waals surface area contributed by atoms with Crippen LogP contribution in [0, 0.1) is 0 Å². The first-order valence-electron chi connectivity index (χ1n) is 7.29. The van der Waals surface area contributed by atoms with Crippen molar-refractivity contribution in [2.75, 3.05) is 0 Å². The van der Waals surface area contributed by atoms with Crippen LogP contribution in [0.25, 0.3) is 5.82 Å². The van der Waals surface area contributed by atoms with E-state index in [0.29, 0.717) is 5.82 Å². The molecule has 3 rings (SSSR count). The van der Waals surface area contributed by atoms with Crippen molar-refractivity contribution in [3.05, 3.63) is 66.6 Å². The zero-order valence-electron chi connectivity index (χ0n) is 13.1. The summed E-state index contributed by atoms with van der Waals surface area (Å²) >= 11 is 0. The molecule has 3 aromatic rings. The highest BCUT2D eigenvalue weighted by Gasteiger charge is 2.42. The van der Waals surface area contributed by atoms with Gasteiger partial charge in [0.25, 0.3) is 5.91 Å². The standard InChI is InChI=1S/C16H14F3N5O/c1-23-7-5-11(9-23)14(16(17,18)19)22-15(25)12-3-2-4-13(21-12)24-8-6-20-10-24/h2-10,14H,1H3,(H,22,25)/t14-/m0/s1. The van der Waals surface area contributed by atoms with Crippen molar-refractivity contribution in [3.63, 3.8) is 0 Å². The van der Waals surface area contributed by atoms with E-state index < -0.39 is 18.1 Å². The molecule has 0 aliphatic carbocycles. The topological polar surface area (TPSA) is 64.7 Å². The lowest BCUT2D eigenvalue weighted by Gasteiger charge is -2.20. The summed E-state index contributed by atoms with van der Waals surface area (Å²) in [5.41, 5.74) is -0.162. The summed E-state index contributed by atoms with van der Waals surface area (Å²) < 4.78 is 43.0. The fraction of sp³-hybridized carbons (Fsp3) is 0.188. The van der Waals surface area contributed by atoms with Crippen molar-refractivity contribution in [2.45, 2.75) is 12.2 Å². The molecule has 25 heavy (non-hydrogen) atoms. The minimum absolute atomic E-state index is 0.0471. The minimum atomic E-state index is -4.63. The SMILES string of the molecule is Cn1ccc([C@H](NC(=O)c2cccc(-n3ccnc3)n2)C(F)(F)F)c1. The molecule has 1 atom stereocenters. The van der Waals surface area contributed by atoms with E-state index in [1.54, 1.807) is 29.9 Å². The third kappa shape index (κ3) is 3.70. The molecule has 3 aromatic heterocycles. The largest absolute Gasteiger partial charge is 0.412 e. The molecule has 1 N–H and O–H groups in total. The monoisotopic (exact) mass is 349 g/mol. The summed E-state index contributed by atoms with van der Waals surface area (Å²) in [7, 11) is 1.61. The van der Waals surface area contributed by atoms with Gasteiger partial charge < -0.3 is 9.88 Å². The maximum absolute atomic E-state index is 13.3. The highest BCUT2D eigenvalue weighted by molar-refractivity contribution is 5.92. The number of hydrogen-bond donors (Lipinski definition) is 1. The van der Waals surface area contributed by atoms with Crippen LogP contribution in [0.1, 0.15) is 22.1 Å². The third-order valence-corrected chi connectivity index (χ3v) is 3.53. The highest BCUT2D eigenvalue weighted by Crippen LogP contribution is 2.33. The van der Waals surface area contributed by atoms with Crippen LogP contribution in [0.2, 0.25) is 0 Å². The first-order chi connectivity index (χ1) is 11.8. The van der Waals surface area contributed by atoms with Gasteiger partial charge in [0.1, 0.15) is 17.8 Å². The van der Waals surface area contributed by atoms with Crippen molar-refractivity contribution < 1.29 is 18.0 Å². The quantitative estimate of drug-likeness (QED) is 0.788. The van der Waals surface area contributed by atoms with Crippen LogP contribution in [-0.4, -0.2) is 31.2 Å². The highest BCUT2D eigenvalue weighted by atomic mass is 19.4. The molecule has 0 saturated heterocycles. The number of pyridine rings is 1. The Morgan fingerprint density at radius 2 is 2.04 bits per heavy atom. The molecule has 6 nitrogen and oxygen atoms in total. The fourth-order valence-corrected chi connectivity index (χ4v) is 2.34. The van der Waals surface area contributed by atoms with Gasteiger partial charge in [0, 0.05) is 37.4 Å². The van der Waals surface area contributed by atoms with Crippen LogP contribution in [0.15, 0.2) is 55.4 Å². The number of nitrogens with one attached hydrogen (secondary N) is 1.